The number of benzene rings is 3. The molecule has 40 heavy (non-hydrogen) atoms. The zero-order valence-corrected chi connectivity index (χ0v) is 23.3. The fourth-order valence-corrected chi connectivity index (χ4v) is 7.27. The van der Waals surface area contributed by atoms with Crippen molar-refractivity contribution in [2.75, 3.05) is 37.6 Å². The minimum atomic E-state index is -0.716. The maximum Gasteiger partial charge on any atom is 0.317 e. The van der Waals surface area contributed by atoms with Gasteiger partial charge < -0.3 is 15.1 Å². The first-order valence-corrected chi connectivity index (χ1v) is 14.9. The molecule has 2 N–H and O–H groups in total. The number of aryl methyl sites for hydroxylation is 1. The predicted octanol–water partition coefficient (Wildman–Crippen LogP) is 6.84. The average Bonchev–Trinajstić information content (AvgIpc) is 3.28. The Labute approximate surface area is 237 Å². The highest BCUT2D eigenvalue weighted by atomic mass is 16.4. The number of piperidine rings is 1. The van der Waals surface area contributed by atoms with Crippen LogP contribution >= 0.6 is 0 Å². The van der Waals surface area contributed by atoms with Crippen molar-refractivity contribution in [2.24, 2.45) is 5.41 Å². The first kappa shape index (κ1) is 26.6. The van der Waals surface area contributed by atoms with E-state index in [9.17, 15) is 15.0 Å². The van der Waals surface area contributed by atoms with Gasteiger partial charge in [-0.25, -0.2) is 0 Å². The molecule has 0 saturated carbocycles. The van der Waals surface area contributed by atoms with E-state index in [0.717, 1.165) is 58.3 Å². The summed E-state index contributed by atoms with van der Waals surface area (Å²) in [6, 6.07) is 25.7. The number of nitrogens with zero attached hydrogens (tertiary/aromatic N) is 2. The fraction of sp³-hybridized carbons (Fsp3) is 0.400. The standard InChI is InChI=1S/C35H40N2O3/c38-30-14-15-32-28(24-30)8-4-9-31(26-6-2-1-3-7-26)34(32)27-10-12-29(13-11-27)37-22-18-35(19-23-37)16-5-20-36(21-17-35)25-33(39)40/h1-3,6-7,10-15,24,38H,4-5,8-9,16-23,25H2,(H,39,40). The lowest BCUT2D eigenvalue weighted by Crippen LogP contribution is -2.41. The fourth-order valence-electron chi connectivity index (χ4n) is 7.27. The van der Waals surface area contributed by atoms with Crippen molar-refractivity contribution in [1.29, 1.82) is 0 Å². The lowest BCUT2D eigenvalue weighted by Gasteiger charge is -2.42. The highest BCUT2D eigenvalue weighted by Gasteiger charge is 2.36. The van der Waals surface area contributed by atoms with Crippen molar-refractivity contribution in [2.45, 2.75) is 51.4 Å². The Morgan fingerprint density at radius 2 is 1.52 bits per heavy atom. The van der Waals surface area contributed by atoms with E-state index in [1.807, 2.05) is 12.1 Å². The van der Waals surface area contributed by atoms with Gasteiger partial charge in [-0.05, 0) is 128 Å². The predicted molar refractivity (Wildman–Crippen MR) is 162 cm³/mol. The molecule has 208 valence electrons. The molecule has 3 aromatic carbocycles. The van der Waals surface area contributed by atoms with E-state index in [1.165, 1.54) is 58.3 Å². The molecule has 0 amide bonds. The number of rotatable bonds is 5. The van der Waals surface area contributed by atoms with E-state index in [4.69, 9.17) is 0 Å². The first-order chi connectivity index (χ1) is 19.5. The number of aromatic hydroxyl groups is 1. The molecule has 1 spiro atoms. The quantitative estimate of drug-likeness (QED) is 0.374. The Hall–Kier alpha value is -3.57. The molecule has 2 aliphatic heterocycles. The van der Waals surface area contributed by atoms with E-state index < -0.39 is 5.97 Å². The van der Waals surface area contributed by atoms with Crippen molar-refractivity contribution in [1.82, 2.24) is 4.90 Å². The third kappa shape index (κ3) is 5.66. The third-order valence-corrected chi connectivity index (χ3v) is 9.50. The molecule has 0 bridgehead atoms. The van der Waals surface area contributed by atoms with Crippen LogP contribution in [0.5, 0.6) is 5.75 Å². The lowest BCUT2D eigenvalue weighted by atomic mass is 9.73. The average molecular weight is 537 g/mol. The van der Waals surface area contributed by atoms with E-state index in [1.54, 1.807) is 0 Å². The Kier molecular flexibility index (Phi) is 7.66. The van der Waals surface area contributed by atoms with Gasteiger partial charge in [-0.2, -0.15) is 0 Å². The van der Waals surface area contributed by atoms with E-state index >= 15 is 0 Å². The molecule has 6 rings (SSSR count). The zero-order valence-electron chi connectivity index (χ0n) is 23.3. The summed E-state index contributed by atoms with van der Waals surface area (Å²) in [6.07, 6.45) is 8.80. The van der Waals surface area contributed by atoms with Crippen molar-refractivity contribution in [3.8, 4) is 5.75 Å². The van der Waals surface area contributed by atoms with E-state index in [-0.39, 0.29) is 6.54 Å². The molecule has 0 atom stereocenters. The summed E-state index contributed by atoms with van der Waals surface area (Å²) in [6.45, 7) is 4.08. The van der Waals surface area contributed by atoms with Gasteiger partial charge in [-0.1, -0.05) is 48.5 Å². The molecule has 0 aromatic heterocycles. The number of carboxylic acid groups (broad SMARTS) is 1. The number of carbonyl (C=O) groups is 1. The maximum atomic E-state index is 11.2. The molecule has 0 radical (unpaired) electrons. The van der Waals surface area contributed by atoms with Gasteiger partial charge in [0.05, 0.1) is 6.54 Å². The number of likely N-dealkylation sites (tertiary alicyclic amines) is 1. The number of fused-ring (bicyclic) bond motifs is 1. The number of hydrogen-bond acceptors (Lipinski definition) is 4. The largest absolute Gasteiger partial charge is 0.508 e. The number of allylic oxidation sites excluding steroid dienone is 1. The minimum absolute atomic E-state index is 0.169. The summed E-state index contributed by atoms with van der Waals surface area (Å²) < 4.78 is 0. The summed E-state index contributed by atoms with van der Waals surface area (Å²) in [5.74, 6) is -0.380. The number of aliphatic carboxylic acids is 1. The Morgan fingerprint density at radius 3 is 2.27 bits per heavy atom. The van der Waals surface area contributed by atoms with E-state index in [2.05, 4.69) is 70.5 Å². The van der Waals surface area contributed by atoms with Crippen molar-refractivity contribution >= 4 is 22.8 Å². The SMILES string of the molecule is O=C(O)CN1CCCC2(CC1)CCN(c1ccc(C3=C(c4ccccc4)CCCc4cc(O)ccc43)cc1)CC2. The Morgan fingerprint density at radius 1 is 0.775 bits per heavy atom. The van der Waals surface area contributed by atoms with Crippen LogP contribution in [0.1, 0.15) is 67.2 Å². The molecule has 5 nitrogen and oxygen atoms in total. The van der Waals surface area contributed by atoms with Gasteiger partial charge in [-0.15, -0.1) is 0 Å². The number of phenolic OH excluding ortho intramolecular Hbond substituents is 1. The molecular formula is C35H40N2O3. The summed E-state index contributed by atoms with van der Waals surface area (Å²) in [7, 11) is 0. The van der Waals surface area contributed by atoms with Crippen LogP contribution in [0.15, 0.2) is 72.8 Å². The van der Waals surface area contributed by atoms with Crippen LogP contribution in [0.3, 0.4) is 0 Å². The number of anilines is 1. The third-order valence-electron chi connectivity index (χ3n) is 9.50. The molecule has 3 aromatic rings. The van der Waals surface area contributed by atoms with Crippen LogP contribution in [-0.2, 0) is 11.2 Å². The molecule has 5 heteroatoms. The van der Waals surface area contributed by atoms with Gasteiger partial charge in [0.1, 0.15) is 5.75 Å². The molecule has 2 saturated heterocycles. The summed E-state index contributed by atoms with van der Waals surface area (Å²) in [4.78, 5) is 15.8. The smallest absolute Gasteiger partial charge is 0.317 e. The van der Waals surface area contributed by atoms with Gasteiger partial charge in [0.25, 0.3) is 0 Å². The monoisotopic (exact) mass is 536 g/mol. The topological polar surface area (TPSA) is 64.0 Å². The Bertz CT molecular complexity index is 1370. The zero-order chi connectivity index (χ0) is 27.5. The van der Waals surface area contributed by atoms with Gasteiger partial charge in [-0.3, -0.25) is 9.69 Å². The summed E-state index contributed by atoms with van der Waals surface area (Å²) in [5, 5.41) is 19.4. The van der Waals surface area contributed by atoms with Gasteiger partial charge in [0.2, 0.25) is 0 Å². The van der Waals surface area contributed by atoms with Crippen LogP contribution in [0.2, 0.25) is 0 Å². The first-order valence-electron chi connectivity index (χ1n) is 14.9. The molecular weight excluding hydrogens is 496 g/mol. The molecule has 1 aliphatic carbocycles. The van der Waals surface area contributed by atoms with Crippen LogP contribution in [0, 0.1) is 5.41 Å². The van der Waals surface area contributed by atoms with Gasteiger partial charge >= 0.3 is 5.97 Å². The lowest BCUT2D eigenvalue weighted by molar-refractivity contribution is -0.138. The normalized spacial score (nSPS) is 19.6. The van der Waals surface area contributed by atoms with Crippen LogP contribution in [-0.4, -0.2) is 53.8 Å². The summed E-state index contributed by atoms with van der Waals surface area (Å²) >= 11 is 0. The van der Waals surface area contributed by atoms with Gasteiger partial charge in [0, 0.05) is 18.8 Å². The molecule has 3 aliphatic rings. The van der Waals surface area contributed by atoms with Gasteiger partial charge in [0.15, 0.2) is 0 Å². The van der Waals surface area contributed by atoms with Crippen LogP contribution < -0.4 is 4.90 Å². The van der Waals surface area contributed by atoms with Crippen molar-refractivity contribution in [3.05, 3.63) is 95.1 Å². The molecule has 0 unspecified atom stereocenters. The second-order valence-electron chi connectivity index (χ2n) is 12.0. The highest BCUT2D eigenvalue weighted by molar-refractivity contribution is 6.00. The molecule has 2 fully saturated rings. The maximum absolute atomic E-state index is 11.2. The van der Waals surface area contributed by atoms with Crippen LogP contribution in [0.4, 0.5) is 5.69 Å². The second-order valence-corrected chi connectivity index (χ2v) is 12.0. The van der Waals surface area contributed by atoms with Crippen LogP contribution in [0.25, 0.3) is 11.1 Å². The van der Waals surface area contributed by atoms with Crippen molar-refractivity contribution in [3.63, 3.8) is 0 Å². The second kappa shape index (κ2) is 11.5. The molecule has 2 heterocycles. The number of phenols is 1. The summed E-state index contributed by atoms with van der Waals surface area (Å²) in [5.41, 5.74) is 9.25. The number of carboxylic acids is 1. The minimum Gasteiger partial charge on any atom is -0.508 e. The van der Waals surface area contributed by atoms with E-state index in [0.29, 0.717) is 11.2 Å². The number of hydrogen-bond donors (Lipinski definition) is 2. The Balaban J connectivity index is 1.23. The van der Waals surface area contributed by atoms with Crippen molar-refractivity contribution < 1.29 is 15.0 Å². The highest BCUT2D eigenvalue weighted by Crippen LogP contribution is 2.43.